The molecule has 0 aromatic carbocycles. The Hall–Kier alpha value is -2.24. The Balaban J connectivity index is 1.50. The summed E-state index contributed by atoms with van der Waals surface area (Å²) in [6, 6.07) is 3.36. The van der Waals surface area contributed by atoms with Gasteiger partial charge in [0.1, 0.15) is 12.1 Å². The first-order valence-electron chi connectivity index (χ1n) is 7.75. The molecule has 6 heteroatoms. The molecule has 2 aromatic rings. The largest absolute Gasteiger partial charge is 0.368 e. The van der Waals surface area contributed by atoms with Gasteiger partial charge in [0.15, 0.2) is 0 Å². The highest BCUT2D eigenvalue weighted by Gasteiger charge is 2.24. The van der Waals surface area contributed by atoms with Gasteiger partial charge in [-0.05, 0) is 25.3 Å². The lowest BCUT2D eigenvalue weighted by molar-refractivity contribution is 0.580. The van der Waals surface area contributed by atoms with Crippen LogP contribution in [0.1, 0.15) is 17.7 Å². The predicted molar refractivity (Wildman–Crippen MR) is 82.7 cm³/mol. The Labute approximate surface area is 128 Å². The summed E-state index contributed by atoms with van der Waals surface area (Å²) in [6.07, 6.45) is 6.54. The van der Waals surface area contributed by atoms with Crippen LogP contribution in [-0.4, -0.2) is 41.1 Å². The van der Waals surface area contributed by atoms with E-state index in [2.05, 4.69) is 24.8 Å². The Bertz CT molecular complexity index is 682. The molecule has 0 unspecified atom stereocenters. The van der Waals surface area contributed by atoms with Crippen LogP contribution < -0.4 is 9.80 Å². The van der Waals surface area contributed by atoms with Crippen LogP contribution in [-0.2, 0) is 12.8 Å². The van der Waals surface area contributed by atoms with E-state index in [1.807, 2.05) is 6.07 Å². The average Bonchev–Trinajstić information content (AvgIpc) is 3.04. The van der Waals surface area contributed by atoms with E-state index in [-0.39, 0.29) is 0 Å². The summed E-state index contributed by atoms with van der Waals surface area (Å²) in [4.78, 5) is 17.0. The number of aryl methyl sites for hydroxylation is 1. The van der Waals surface area contributed by atoms with Crippen molar-refractivity contribution in [2.45, 2.75) is 19.3 Å². The zero-order valence-corrected chi connectivity index (χ0v) is 12.4. The SMILES string of the molecule is Fc1cc(N2CCN(c3ncnc4c3CCC4)CC2)ccn1. The summed E-state index contributed by atoms with van der Waals surface area (Å²) >= 11 is 0. The number of nitrogens with zero attached hydrogens (tertiary/aromatic N) is 5. The summed E-state index contributed by atoms with van der Waals surface area (Å²) < 4.78 is 13.2. The minimum atomic E-state index is -0.423. The Morgan fingerprint density at radius 3 is 2.59 bits per heavy atom. The van der Waals surface area contributed by atoms with E-state index in [4.69, 9.17) is 0 Å². The summed E-state index contributed by atoms with van der Waals surface area (Å²) in [5, 5.41) is 0. The molecule has 0 bridgehead atoms. The highest BCUT2D eigenvalue weighted by molar-refractivity contribution is 5.53. The molecule has 1 saturated heterocycles. The van der Waals surface area contributed by atoms with Crippen molar-refractivity contribution in [1.29, 1.82) is 0 Å². The second-order valence-electron chi connectivity index (χ2n) is 5.79. The van der Waals surface area contributed by atoms with Gasteiger partial charge in [-0.15, -0.1) is 0 Å². The number of fused-ring (bicyclic) bond motifs is 1. The van der Waals surface area contributed by atoms with Crippen molar-refractivity contribution in [1.82, 2.24) is 15.0 Å². The van der Waals surface area contributed by atoms with Gasteiger partial charge in [0, 0.05) is 55.4 Å². The molecule has 0 N–H and O–H groups in total. The number of aromatic nitrogens is 3. The van der Waals surface area contributed by atoms with Gasteiger partial charge >= 0.3 is 0 Å². The van der Waals surface area contributed by atoms with E-state index in [0.29, 0.717) is 0 Å². The number of halogens is 1. The zero-order valence-electron chi connectivity index (χ0n) is 12.4. The van der Waals surface area contributed by atoms with Crippen molar-refractivity contribution in [2.24, 2.45) is 0 Å². The van der Waals surface area contributed by atoms with Gasteiger partial charge in [-0.25, -0.2) is 15.0 Å². The average molecular weight is 299 g/mol. The zero-order chi connectivity index (χ0) is 14.9. The third kappa shape index (κ3) is 2.38. The van der Waals surface area contributed by atoms with Crippen LogP contribution in [0, 0.1) is 5.95 Å². The van der Waals surface area contributed by atoms with Gasteiger partial charge in [-0.1, -0.05) is 0 Å². The lowest BCUT2D eigenvalue weighted by Crippen LogP contribution is -2.47. The minimum absolute atomic E-state index is 0.423. The topological polar surface area (TPSA) is 45.2 Å². The molecule has 2 aromatic heterocycles. The molecule has 0 radical (unpaired) electrons. The van der Waals surface area contributed by atoms with Gasteiger partial charge in [-0.2, -0.15) is 4.39 Å². The molecule has 5 nitrogen and oxygen atoms in total. The highest BCUT2D eigenvalue weighted by atomic mass is 19.1. The second-order valence-corrected chi connectivity index (χ2v) is 5.79. The number of anilines is 2. The first-order chi connectivity index (χ1) is 10.8. The fraction of sp³-hybridized carbons (Fsp3) is 0.438. The minimum Gasteiger partial charge on any atom is -0.368 e. The molecule has 1 aliphatic carbocycles. The van der Waals surface area contributed by atoms with Crippen LogP contribution in [0.15, 0.2) is 24.7 Å². The molecule has 22 heavy (non-hydrogen) atoms. The summed E-state index contributed by atoms with van der Waals surface area (Å²) in [6.45, 7) is 3.52. The highest BCUT2D eigenvalue weighted by Crippen LogP contribution is 2.29. The van der Waals surface area contributed by atoms with Crippen LogP contribution in [0.4, 0.5) is 15.9 Å². The lowest BCUT2D eigenvalue weighted by atomic mass is 10.2. The summed E-state index contributed by atoms with van der Waals surface area (Å²) in [7, 11) is 0. The number of hydrogen-bond donors (Lipinski definition) is 0. The molecular formula is C16H18FN5. The monoisotopic (exact) mass is 299 g/mol. The van der Waals surface area contributed by atoms with Crippen LogP contribution in [0.3, 0.4) is 0 Å². The Morgan fingerprint density at radius 1 is 0.955 bits per heavy atom. The standard InChI is InChI=1S/C16H18FN5/c17-15-10-12(4-5-18-15)21-6-8-22(9-7-21)16-13-2-1-3-14(13)19-11-20-16/h4-5,10-11H,1-3,6-9H2. The molecule has 0 saturated carbocycles. The number of pyridine rings is 1. The van der Waals surface area contributed by atoms with Gasteiger partial charge in [0.05, 0.1) is 0 Å². The summed E-state index contributed by atoms with van der Waals surface area (Å²) in [5.74, 6) is 0.677. The van der Waals surface area contributed by atoms with Crippen molar-refractivity contribution >= 4 is 11.5 Å². The van der Waals surface area contributed by atoms with Crippen LogP contribution >= 0.6 is 0 Å². The fourth-order valence-corrected chi connectivity index (χ4v) is 3.38. The molecule has 3 heterocycles. The molecule has 0 atom stereocenters. The van der Waals surface area contributed by atoms with Gasteiger partial charge in [0.2, 0.25) is 5.95 Å². The quantitative estimate of drug-likeness (QED) is 0.792. The van der Waals surface area contributed by atoms with E-state index >= 15 is 0 Å². The van der Waals surface area contributed by atoms with Crippen molar-refractivity contribution in [3.63, 3.8) is 0 Å². The molecular weight excluding hydrogens is 281 g/mol. The van der Waals surface area contributed by atoms with E-state index in [9.17, 15) is 4.39 Å². The Morgan fingerprint density at radius 2 is 1.77 bits per heavy atom. The molecule has 2 aliphatic rings. The van der Waals surface area contributed by atoms with Crippen molar-refractivity contribution in [2.75, 3.05) is 36.0 Å². The molecule has 0 spiro atoms. The van der Waals surface area contributed by atoms with Crippen molar-refractivity contribution in [3.05, 3.63) is 41.9 Å². The van der Waals surface area contributed by atoms with Crippen molar-refractivity contribution < 1.29 is 4.39 Å². The maximum atomic E-state index is 13.2. The maximum absolute atomic E-state index is 13.2. The Kier molecular flexibility index (Phi) is 3.36. The normalized spacial score (nSPS) is 17.7. The van der Waals surface area contributed by atoms with Gasteiger partial charge in [-0.3, -0.25) is 0 Å². The predicted octanol–water partition coefficient (Wildman–Crippen LogP) is 1.83. The van der Waals surface area contributed by atoms with E-state index in [1.165, 1.54) is 29.9 Å². The third-order valence-corrected chi connectivity index (χ3v) is 4.51. The molecule has 1 aliphatic heterocycles. The third-order valence-electron chi connectivity index (χ3n) is 4.51. The number of hydrogen-bond acceptors (Lipinski definition) is 5. The van der Waals surface area contributed by atoms with Crippen LogP contribution in [0.2, 0.25) is 0 Å². The molecule has 0 amide bonds. The number of piperazine rings is 1. The van der Waals surface area contributed by atoms with Gasteiger partial charge < -0.3 is 9.80 Å². The van der Waals surface area contributed by atoms with E-state index < -0.39 is 5.95 Å². The smallest absolute Gasteiger partial charge is 0.214 e. The molecule has 1 fully saturated rings. The first kappa shape index (κ1) is 13.4. The summed E-state index contributed by atoms with van der Waals surface area (Å²) in [5.41, 5.74) is 3.44. The van der Waals surface area contributed by atoms with E-state index in [0.717, 1.165) is 50.5 Å². The lowest BCUT2D eigenvalue weighted by Gasteiger charge is -2.37. The van der Waals surface area contributed by atoms with Crippen LogP contribution in [0.5, 0.6) is 0 Å². The van der Waals surface area contributed by atoms with Crippen molar-refractivity contribution in [3.8, 4) is 0 Å². The molecule has 114 valence electrons. The number of rotatable bonds is 2. The van der Waals surface area contributed by atoms with Crippen LogP contribution in [0.25, 0.3) is 0 Å². The molecule has 4 rings (SSSR count). The van der Waals surface area contributed by atoms with E-state index in [1.54, 1.807) is 6.33 Å². The second kappa shape index (κ2) is 5.51. The first-order valence-corrected chi connectivity index (χ1v) is 7.75. The fourth-order valence-electron chi connectivity index (χ4n) is 3.38. The van der Waals surface area contributed by atoms with Gasteiger partial charge in [0.25, 0.3) is 0 Å². The maximum Gasteiger partial charge on any atom is 0.214 e.